The van der Waals surface area contributed by atoms with Crippen LogP contribution in [0.2, 0.25) is 0 Å². The molecule has 8 heteroatoms. The number of amides is 2. The lowest BCUT2D eigenvalue weighted by Crippen LogP contribution is -2.60. The number of aromatic nitrogens is 1. The Bertz CT molecular complexity index is 899. The fourth-order valence-corrected chi connectivity index (χ4v) is 3.40. The van der Waals surface area contributed by atoms with E-state index < -0.39 is 23.7 Å². The van der Waals surface area contributed by atoms with Gasteiger partial charge in [-0.1, -0.05) is 18.2 Å². The summed E-state index contributed by atoms with van der Waals surface area (Å²) in [5.41, 5.74) is 1.13. The lowest BCUT2D eigenvalue weighted by atomic mass is 10.0. The average Bonchev–Trinajstić information content (AvgIpc) is 2.99. The predicted octanol–water partition coefficient (Wildman–Crippen LogP) is 2.24. The summed E-state index contributed by atoms with van der Waals surface area (Å²) in [5, 5.41) is 10.1. The predicted molar refractivity (Wildman–Crippen MR) is 103 cm³/mol. The minimum atomic E-state index is -1.08. The van der Waals surface area contributed by atoms with Gasteiger partial charge in [0.2, 0.25) is 5.91 Å². The van der Waals surface area contributed by atoms with Gasteiger partial charge in [-0.3, -0.25) is 14.5 Å². The highest BCUT2D eigenvalue weighted by Gasteiger charge is 2.40. The van der Waals surface area contributed by atoms with Gasteiger partial charge in [-0.25, -0.2) is 4.79 Å². The number of H-pyrrole nitrogens is 1. The van der Waals surface area contributed by atoms with Gasteiger partial charge >= 0.3 is 12.1 Å². The lowest BCUT2D eigenvalue weighted by molar-refractivity contribution is -0.149. The molecule has 0 radical (unpaired) electrons. The molecule has 0 bridgehead atoms. The number of carboxylic acids is 1. The van der Waals surface area contributed by atoms with Gasteiger partial charge in [0.1, 0.15) is 18.2 Å². The topological polar surface area (TPSA) is 103 Å². The lowest BCUT2D eigenvalue weighted by Gasteiger charge is -2.40. The Labute approximate surface area is 163 Å². The standard InChI is InChI=1S/C20H25N3O5/c1-20(2,3)28-19(27)23-9-8-22(12-17(24)25)18(26)16(23)10-13-11-21-15-7-5-4-6-14(13)15/h4-7,11,16,21H,8-10,12H2,1-3H3,(H,24,25). The second-order valence-corrected chi connectivity index (χ2v) is 7.91. The van der Waals surface area contributed by atoms with Crippen LogP contribution in [-0.4, -0.2) is 69.1 Å². The summed E-state index contributed by atoms with van der Waals surface area (Å²) in [6.45, 7) is 5.30. The number of rotatable bonds is 4. The molecule has 0 aliphatic carbocycles. The molecule has 2 heterocycles. The molecule has 2 aromatic rings. The molecule has 150 valence electrons. The third-order valence-corrected chi connectivity index (χ3v) is 4.63. The quantitative estimate of drug-likeness (QED) is 0.838. The summed E-state index contributed by atoms with van der Waals surface area (Å²) in [6.07, 6.45) is 1.53. The van der Waals surface area contributed by atoms with Crippen molar-refractivity contribution in [2.45, 2.75) is 38.8 Å². The van der Waals surface area contributed by atoms with E-state index in [2.05, 4.69) is 4.98 Å². The molecule has 2 amide bonds. The number of aromatic amines is 1. The Kier molecular flexibility index (Phi) is 5.31. The number of carbonyl (C=O) groups excluding carboxylic acids is 2. The number of nitrogens with zero attached hydrogens (tertiary/aromatic N) is 2. The Balaban J connectivity index is 1.90. The highest BCUT2D eigenvalue weighted by Crippen LogP contribution is 2.24. The molecular weight excluding hydrogens is 362 g/mol. The first-order valence-corrected chi connectivity index (χ1v) is 9.21. The fraction of sp³-hybridized carbons (Fsp3) is 0.450. The van der Waals surface area contributed by atoms with E-state index in [4.69, 9.17) is 9.84 Å². The molecule has 1 aliphatic rings. The van der Waals surface area contributed by atoms with E-state index in [-0.39, 0.29) is 32.0 Å². The van der Waals surface area contributed by atoms with Crippen LogP contribution in [0.5, 0.6) is 0 Å². The van der Waals surface area contributed by atoms with E-state index in [1.54, 1.807) is 20.8 Å². The van der Waals surface area contributed by atoms with E-state index in [0.717, 1.165) is 16.5 Å². The summed E-state index contributed by atoms with van der Waals surface area (Å²) < 4.78 is 5.47. The smallest absolute Gasteiger partial charge is 0.411 e. The van der Waals surface area contributed by atoms with Crippen molar-refractivity contribution in [3.05, 3.63) is 36.0 Å². The molecule has 1 atom stereocenters. The van der Waals surface area contributed by atoms with Crippen LogP contribution in [0.1, 0.15) is 26.3 Å². The number of carboxylic acid groups (broad SMARTS) is 1. The molecule has 8 nitrogen and oxygen atoms in total. The van der Waals surface area contributed by atoms with Gasteiger partial charge in [-0.05, 0) is 32.4 Å². The first-order chi connectivity index (χ1) is 13.2. The maximum Gasteiger partial charge on any atom is 0.411 e. The zero-order valence-corrected chi connectivity index (χ0v) is 16.3. The molecule has 3 rings (SSSR count). The van der Waals surface area contributed by atoms with Crippen LogP contribution in [0.15, 0.2) is 30.5 Å². The molecule has 2 N–H and O–H groups in total. The summed E-state index contributed by atoms with van der Waals surface area (Å²) in [7, 11) is 0. The summed E-state index contributed by atoms with van der Waals surface area (Å²) in [5.74, 6) is -1.46. The van der Waals surface area contributed by atoms with Crippen LogP contribution in [0.4, 0.5) is 4.79 Å². The summed E-state index contributed by atoms with van der Waals surface area (Å²) in [6, 6.07) is 6.88. The largest absolute Gasteiger partial charge is 0.480 e. The minimum Gasteiger partial charge on any atom is -0.480 e. The number of hydrogen-bond acceptors (Lipinski definition) is 4. The number of benzene rings is 1. The minimum absolute atomic E-state index is 0.161. The monoisotopic (exact) mass is 387 g/mol. The Morgan fingerprint density at radius 3 is 2.64 bits per heavy atom. The molecule has 0 saturated carbocycles. The first kappa shape index (κ1) is 19.7. The van der Waals surface area contributed by atoms with Crippen LogP contribution in [0.3, 0.4) is 0 Å². The highest BCUT2D eigenvalue weighted by molar-refractivity contribution is 5.91. The third kappa shape index (κ3) is 4.27. The number of ether oxygens (including phenoxy) is 1. The number of hydrogen-bond donors (Lipinski definition) is 2. The molecule has 28 heavy (non-hydrogen) atoms. The molecule has 1 saturated heterocycles. The first-order valence-electron chi connectivity index (χ1n) is 9.21. The number of carbonyl (C=O) groups is 3. The maximum absolute atomic E-state index is 13.0. The van der Waals surface area contributed by atoms with Crippen molar-refractivity contribution in [2.75, 3.05) is 19.6 Å². The number of para-hydroxylation sites is 1. The van der Waals surface area contributed by atoms with Gasteiger partial charge in [0.15, 0.2) is 0 Å². The van der Waals surface area contributed by atoms with Gasteiger partial charge in [-0.2, -0.15) is 0 Å². The molecule has 1 unspecified atom stereocenters. The molecule has 1 aromatic carbocycles. The van der Waals surface area contributed by atoms with Crippen molar-refractivity contribution in [3.63, 3.8) is 0 Å². The Morgan fingerprint density at radius 1 is 1.25 bits per heavy atom. The fourth-order valence-electron chi connectivity index (χ4n) is 3.40. The van der Waals surface area contributed by atoms with Crippen LogP contribution in [0.25, 0.3) is 10.9 Å². The van der Waals surface area contributed by atoms with E-state index in [1.807, 2.05) is 30.5 Å². The number of aliphatic carboxylic acids is 1. The zero-order chi connectivity index (χ0) is 20.5. The second-order valence-electron chi connectivity index (χ2n) is 7.91. The number of nitrogens with one attached hydrogen (secondary N) is 1. The van der Waals surface area contributed by atoms with Crippen molar-refractivity contribution >= 4 is 28.9 Å². The number of fused-ring (bicyclic) bond motifs is 1. The van der Waals surface area contributed by atoms with Gasteiger partial charge in [-0.15, -0.1) is 0 Å². The van der Waals surface area contributed by atoms with Crippen LogP contribution >= 0.6 is 0 Å². The molecule has 1 aliphatic heterocycles. The second kappa shape index (κ2) is 7.53. The molecule has 1 fully saturated rings. The van der Waals surface area contributed by atoms with Crippen molar-refractivity contribution in [3.8, 4) is 0 Å². The van der Waals surface area contributed by atoms with Crippen molar-refractivity contribution < 1.29 is 24.2 Å². The van der Waals surface area contributed by atoms with Crippen molar-refractivity contribution in [1.82, 2.24) is 14.8 Å². The van der Waals surface area contributed by atoms with Crippen molar-refractivity contribution in [2.24, 2.45) is 0 Å². The highest BCUT2D eigenvalue weighted by atomic mass is 16.6. The average molecular weight is 387 g/mol. The third-order valence-electron chi connectivity index (χ3n) is 4.63. The van der Waals surface area contributed by atoms with Gasteiger partial charge in [0.25, 0.3) is 0 Å². The zero-order valence-electron chi connectivity index (χ0n) is 16.3. The van der Waals surface area contributed by atoms with E-state index in [0.29, 0.717) is 0 Å². The van der Waals surface area contributed by atoms with Crippen LogP contribution in [-0.2, 0) is 20.7 Å². The van der Waals surface area contributed by atoms with Crippen molar-refractivity contribution in [1.29, 1.82) is 0 Å². The van der Waals surface area contributed by atoms with E-state index >= 15 is 0 Å². The maximum atomic E-state index is 13.0. The summed E-state index contributed by atoms with van der Waals surface area (Å²) >= 11 is 0. The Morgan fingerprint density at radius 2 is 1.96 bits per heavy atom. The van der Waals surface area contributed by atoms with Gasteiger partial charge in [0, 0.05) is 36.6 Å². The van der Waals surface area contributed by atoms with Gasteiger partial charge in [0.05, 0.1) is 0 Å². The Hall–Kier alpha value is -3.03. The summed E-state index contributed by atoms with van der Waals surface area (Å²) in [4.78, 5) is 42.7. The normalized spacial score (nSPS) is 17.8. The van der Waals surface area contributed by atoms with E-state index in [9.17, 15) is 14.4 Å². The van der Waals surface area contributed by atoms with Crippen LogP contribution < -0.4 is 0 Å². The molecule has 0 spiro atoms. The van der Waals surface area contributed by atoms with Crippen LogP contribution in [0, 0.1) is 0 Å². The molecule has 1 aromatic heterocycles. The van der Waals surface area contributed by atoms with E-state index in [1.165, 1.54) is 9.80 Å². The van der Waals surface area contributed by atoms with Gasteiger partial charge < -0.3 is 19.7 Å². The number of piperazine rings is 1. The molecular formula is C20H25N3O5. The SMILES string of the molecule is CC(C)(C)OC(=O)N1CCN(CC(=O)O)C(=O)C1Cc1c[nH]c2ccccc12.